The third-order valence-electron chi connectivity index (χ3n) is 3.46. The van der Waals surface area contributed by atoms with Crippen molar-refractivity contribution in [1.82, 2.24) is 19.1 Å². The lowest BCUT2D eigenvalue weighted by atomic mass is 10.3. The first-order chi connectivity index (χ1) is 9.88. The number of nitrogens with two attached hydrogens (primary N) is 1. The molecule has 0 radical (unpaired) electrons. The molecule has 20 heavy (non-hydrogen) atoms. The van der Waals surface area contributed by atoms with Crippen LogP contribution in [0.3, 0.4) is 0 Å². The van der Waals surface area contributed by atoms with E-state index >= 15 is 0 Å². The monoisotopic (exact) mass is 269 g/mol. The summed E-state index contributed by atoms with van der Waals surface area (Å²) in [6, 6.07) is 8.27. The summed E-state index contributed by atoms with van der Waals surface area (Å²) in [5, 5.41) is 0. The summed E-state index contributed by atoms with van der Waals surface area (Å²) in [6.07, 6.45) is 7.53. The van der Waals surface area contributed by atoms with Crippen molar-refractivity contribution in [2.75, 3.05) is 6.54 Å². The van der Waals surface area contributed by atoms with Crippen molar-refractivity contribution < 1.29 is 0 Å². The van der Waals surface area contributed by atoms with Crippen LogP contribution >= 0.6 is 0 Å². The highest BCUT2D eigenvalue weighted by molar-refractivity contribution is 5.75. The van der Waals surface area contributed by atoms with Crippen molar-refractivity contribution in [3.63, 3.8) is 0 Å². The molecule has 0 saturated carbocycles. The molecule has 5 heteroatoms. The van der Waals surface area contributed by atoms with Crippen LogP contribution in [0.25, 0.3) is 11.0 Å². The van der Waals surface area contributed by atoms with Gasteiger partial charge in [0.2, 0.25) is 0 Å². The Balaban J connectivity index is 1.79. The summed E-state index contributed by atoms with van der Waals surface area (Å²) < 4.78 is 4.39. The predicted molar refractivity (Wildman–Crippen MR) is 79.3 cm³/mol. The molecule has 1 aromatic carbocycles. The van der Waals surface area contributed by atoms with Gasteiger partial charge < -0.3 is 14.9 Å². The van der Waals surface area contributed by atoms with E-state index in [2.05, 4.69) is 37.3 Å². The number of fused-ring (bicyclic) bond motifs is 1. The van der Waals surface area contributed by atoms with E-state index in [4.69, 9.17) is 5.73 Å². The minimum absolute atomic E-state index is 0.630. The van der Waals surface area contributed by atoms with Gasteiger partial charge in [-0.15, -0.1) is 0 Å². The lowest BCUT2D eigenvalue weighted by Gasteiger charge is -2.09. The Hall–Kier alpha value is -2.14. The summed E-state index contributed by atoms with van der Waals surface area (Å²) in [4.78, 5) is 8.74. The molecule has 104 valence electrons. The Kier molecular flexibility index (Phi) is 3.78. The summed E-state index contributed by atoms with van der Waals surface area (Å²) in [5.41, 5.74) is 7.94. The average molecular weight is 269 g/mol. The van der Waals surface area contributed by atoms with Gasteiger partial charge >= 0.3 is 0 Å². The molecular formula is C15H19N5. The molecule has 2 heterocycles. The van der Waals surface area contributed by atoms with Crippen molar-refractivity contribution in [1.29, 1.82) is 0 Å². The van der Waals surface area contributed by atoms with E-state index in [9.17, 15) is 0 Å². The van der Waals surface area contributed by atoms with E-state index in [0.717, 1.165) is 37.3 Å². The summed E-state index contributed by atoms with van der Waals surface area (Å²) in [7, 11) is 0. The van der Waals surface area contributed by atoms with Crippen LogP contribution in [0.15, 0.2) is 43.0 Å². The molecule has 0 amide bonds. The summed E-state index contributed by atoms with van der Waals surface area (Å²) >= 11 is 0. The van der Waals surface area contributed by atoms with Crippen molar-refractivity contribution in [3.05, 3.63) is 48.8 Å². The standard InChI is InChI=1S/C15H19N5/c16-7-6-15-18-13-4-1-2-5-14(13)20(15)10-3-9-19-11-8-17-12-19/h1-2,4-5,8,11-12H,3,6-7,9-10,16H2. The predicted octanol–water partition coefficient (Wildman–Crippen LogP) is 1.82. The topological polar surface area (TPSA) is 61.7 Å². The van der Waals surface area contributed by atoms with E-state index in [0.29, 0.717) is 6.54 Å². The smallest absolute Gasteiger partial charge is 0.111 e. The van der Waals surface area contributed by atoms with Gasteiger partial charge in [-0.2, -0.15) is 0 Å². The molecule has 3 rings (SSSR count). The number of imidazole rings is 2. The lowest BCUT2D eigenvalue weighted by molar-refractivity contribution is 0.556. The number of hydrogen-bond donors (Lipinski definition) is 1. The Labute approximate surface area is 118 Å². The highest BCUT2D eigenvalue weighted by Gasteiger charge is 2.09. The third-order valence-corrected chi connectivity index (χ3v) is 3.46. The number of aryl methyl sites for hydroxylation is 2. The van der Waals surface area contributed by atoms with Crippen molar-refractivity contribution in [2.24, 2.45) is 5.73 Å². The van der Waals surface area contributed by atoms with Gasteiger partial charge in [0.15, 0.2) is 0 Å². The second kappa shape index (κ2) is 5.88. The SMILES string of the molecule is NCCc1nc2ccccc2n1CCCn1ccnc1. The molecule has 0 fully saturated rings. The van der Waals surface area contributed by atoms with E-state index in [1.165, 1.54) is 5.52 Å². The van der Waals surface area contributed by atoms with Gasteiger partial charge in [0, 0.05) is 31.9 Å². The largest absolute Gasteiger partial charge is 0.337 e. The van der Waals surface area contributed by atoms with Crippen LogP contribution in [0.4, 0.5) is 0 Å². The van der Waals surface area contributed by atoms with Gasteiger partial charge in [0.05, 0.1) is 17.4 Å². The van der Waals surface area contributed by atoms with Crippen LogP contribution in [-0.4, -0.2) is 25.6 Å². The summed E-state index contributed by atoms with van der Waals surface area (Å²) in [6.45, 7) is 2.55. The maximum absolute atomic E-state index is 5.69. The average Bonchev–Trinajstić information content (AvgIpc) is 3.08. The zero-order valence-corrected chi connectivity index (χ0v) is 11.4. The zero-order valence-electron chi connectivity index (χ0n) is 11.4. The minimum Gasteiger partial charge on any atom is -0.337 e. The molecule has 5 nitrogen and oxygen atoms in total. The molecular weight excluding hydrogens is 250 g/mol. The molecule has 0 spiro atoms. The van der Waals surface area contributed by atoms with Crippen LogP contribution in [0.1, 0.15) is 12.2 Å². The number of hydrogen-bond acceptors (Lipinski definition) is 3. The van der Waals surface area contributed by atoms with Gasteiger partial charge in [-0.05, 0) is 25.1 Å². The fraction of sp³-hybridized carbons (Fsp3) is 0.333. The van der Waals surface area contributed by atoms with Gasteiger partial charge in [0.25, 0.3) is 0 Å². The molecule has 0 aliphatic carbocycles. The number of para-hydroxylation sites is 2. The molecule has 0 bridgehead atoms. The molecule has 2 aromatic heterocycles. The second-order valence-corrected chi connectivity index (χ2v) is 4.86. The molecule has 0 aliphatic heterocycles. The number of nitrogens with zero attached hydrogens (tertiary/aromatic N) is 4. The minimum atomic E-state index is 0.630. The fourth-order valence-corrected chi connectivity index (χ4v) is 2.53. The van der Waals surface area contributed by atoms with Crippen LogP contribution in [-0.2, 0) is 19.5 Å². The molecule has 0 saturated heterocycles. The lowest BCUT2D eigenvalue weighted by Crippen LogP contribution is -2.11. The maximum Gasteiger partial charge on any atom is 0.111 e. The molecule has 2 N–H and O–H groups in total. The molecule has 3 aromatic rings. The first-order valence-electron chi connectivity index (χ1n) is 6.98. The van der Waals surface area contributed by atoms with Crippen LogP contribution in [0.2, 0.25) is 0 Å². The Morgan fingerprint density at radius 3 is 2.85 bits per heavy atom. The van der Waals surface area contributed by atoms with Crippen molar-refractivity contribution >= 4 is 11.0 Å². The van der Waals surface area contributed by atoms with Gasteiger partial charge in [-0.1, -0.05) is 12.1 Å². The van der Waals surface area contributed by atoms with Gasteiger partial charge in [-0.25, -0.2) is 9.97 Å². The van der Waals surface area contributed by atoms with E-state index < -0.39 is 0 Å². The Morgan fingerprint density at radius 2 is 2.05 bits per heavy atom. The first kappa shape index (κ1) is 12.9. The van der Waals surface area contributed by atoms with Crippen molar-refractivity contribution in [3.8, 4) is 0 Å². The summed E-state index contributed by atoms with van der Waals surface area (Å²) in [5.74, 6) is 1.08. The van der Waals surface area contributed by atoms with E-state index in [1.807, 2.05) is 24.8 Å². The Morgan fingerprint density at radius 1 is 1.15 bits per heavy atom. The van der Waals surface area contributed by atoms with Crippen LogP contribution in [0, 0.1) is 0 Å². The highest BCUT2D eigenvalue weighted by atomic mass is 15.1. The maximum atomic E-state index is 5.69. The first-order valence-corrected chi connectivity index (χ1v) is 6.98. The van der Waals surface area contributed by atoms with Crippen LogP contribution in [0.5, 0.6) is 0 Å². The fourth-order valence-electron chi connectivity index (χ4n) is 2.53. The van der Waals surface area contributed by atoms with E-state index in [1.54, 1.807) is 0 Å². The normalized spacial score (nSPS) is 11.2. The second-order valence-electron chi connectivity index (χ2n) is 4.86. The van der Waals surface area contributed by atoms with E-state index in [-0.39, 0.29) is 0 Å². The molecule has 0 unspecified atom stereocenters. The Bertz CT molecular complexity index is 669. The molecule has 0 atom stereocenters. The molecule has 0 aliphatic rings. The quantitative estimate of drug-likeness (QED) is 0.742. The van der Waals surface area contributed by atoms with Crippen molar-refractivity contribution in [2.45, 2.75) is 25.9 Å². The number of benzene rings is 1. The third kappa shape index (κ3) is 2.58. The zero-order chi connectivity index (χ0) is 13.8. The van der Waals surface area contributed by atoms with Crippen LogP contribution < -0.4 is 5.73 Å². The van der Waals surface area contributed by atoms with Gasteiger partial charge in [0.1, 0.15) is 5.82 Å². The highest BCUT2D eigenvalue weighted by Crippen LogP contribution is 2.17. The number of aromatic nitrogens is 4. The van der Waals surface area contributed by atoms with Gasteiger partial charge in [-0.3, -0.25) is 0 Å². The number of rotatable bonds is 6.